The lowest BCUT2D eigenvalue weighted by atomic mass is 10.4. The van der Waals surface area contributed by atoms with Crippen LogP contribution in [0.15, 0.2) is 22.6 Å². The van der Waals surface area contributed by atoms with Crippen LogP contribution in [-0.2, 0) is 4.79 Å². The van der Waals surface area contributed by atoms with Gasteiger partial charge in [-0.2, -0.15) is 0 Å². The molecule has 0 aromatic carbocycles. The fourth-order valence-electron chi connectivity index (χ4n) is 0.995. The van der Waals surface area contributed by atoms with Crippen molar-refractivity contribution in [3.63, 3.8) is 0 Å². The van der Waals surface area contributed by atoms with Gasteiger partial charge in [0.1, 0.15) is 10.7 Å². The molecule has 6 heteroatoms. The molecule has 6 nitrogen and oxygen atoms in total. The van der Waals surface area contributed by atoms with Crippen LogP contribution < -0.4 is 5.32 Å². The molecule has 1 heterocycles. The fraction of sp³-hybridized carbons (Fsp3) is 0.300. The van der Waals surface area contributed by atoms with Crippen molar-refractivity contribution in [2.45, 2.75) is 13.3 Å². The average molecular weight is 224 g/mol. The van der Waals surface area contributed by atoms with Crippen LogP contribution in [-0.4, -0.2) is 17.4 Å². The van der Waals surface area contributed by atoms with E-state index in [1.165, 1.54) is 24.3 Å². The van der Waals surface area contributed by atoms with E-state index in [1.807, 2.05) is 6.92 Å². The van der Waals surface area contributed by atoms with Crippen LogP contribution >= 0.6 is 0 Å². The van der Waals surface area contributed by atoms with Crippen LogP contribution in [0, 0.1) is 10.1 Å². The minimum atomic E-state index is -0.630. The van der Waals surface area contributed by atoms with E-state index in [0.717, 1.165) is 6.42 Å². The predicted octanol–water partition coefficient (Wildman–Crippen LogP) is 1.73. The number of nitrogens with zero attached hydrogens (tertiary/aromatic N) is 1. The molecular weight excluding hydrogens is 212 g/mol. The minimum absolute atomic E-state index is 0.249. The summed E-state index contributed by atoms with van der Waals surface area (Å²) in [6.07, 6.45) is 3.52. The zero-order chi connectivity index (χ0) is 12.0. The number of hydrogen-bond donors (Lipinski definition) is 1. The number of nitro groups is 1. The molecule has 0 spiro atoms. The lowest BCUT2D eigenvalue weighted by Gasteiger charge is -1.96. The Morgan fingerprint density at radius 2 is 2.38 bits per heavy atom. The van der Waals surface area contributed by atoms with E-state index in [2.05, 4.69) is 5.32 Å². The predicted molar refractivity (Wildman–Crippen MR) is 57.7 cm³/mol. The maximum absolute atomic E-state index is 11.1. The Morgan fingerprint density at radius 1 is 1.62 bits per heavy atom. The zero-order valence-corrected chi connectivity index (χ0v) is 8.80. The second kappa shape index (κ2) is 5.69. The van der Waals surface area contributed by atoms with Gasteiger partial charge in [-0.15, -0.1) is 0 Å². The molecule has 0 atom stereocenters. The first-order chi connectivity index (χ1) is 7.63. The molecule has 0 saturated heterocycles. The molecule has 0 bridgehead atoms. The van der Waals surface area contributed by atoms with Crippen LogP contribution in [0.4, 0.5) is 5.88 Å². The number of furan rings is 1. The monoisotopic (exact) mass is 224 g/mol. The van der Waals surface area contributed by atoms with E-state index in [-0.39, 0.29) is 17.6 Å². The van der Waals surface area contributed by atoms with E-state index < -0.39 is 4.92 Å². The van der Waals surface area contributed by atoms with Crippen LogP contribution in [0.3, 0.4) is 0 Å². The lowest BCUT2D eigenvalue weighted by molar-refractivity contribution is -0.402. The van der Waals surface area contributed by atoms with Gasteiger partial charge in [-0.1, -0.05) is 6.92 Å². The maximum Gasteiger partial charge on any atom is 0.433 e. The molecule has 0 unspecified atom stereocenters. The third kappa shape index (κ3) is 3.56. The number of hydrogen-bond acceptors (Lipinski definition) is 4. The fourth-order valence-corrected chi connectivity index (χ4v) is 0.995. The highest BCUT2D eigenvalue weighted by molar-refractivity contribution is 5.91. The Balaban J connectivity index is 2.55. The van der Waals surface area contributed by atoms with Crippen LogP contribution in [0.1, 0.15) is 19.1 Å². The minimum Gasteiger partial charge on any atom is -0.401 e. The summed E-state index contributed by atoms with van der Waals surface area (Å²) in [6.45, 7) is 2.54. The van der Waals surface area contributed by atoms with Crippen LogP contribution in [0.25, 0.3) is 6.08 Å². The van der Waals surface area contributed by atoms with Crippen molar-refractivity contribution in [3.05, 3.63) is 34.1 Å². The molecule has 0 radical (unpaired) electrons. The summed E-state index contributed by atoms with van der Waals surface area (Å²) < 4.78 is 4.83. The first-order valence-electron chi connectivity index (χ1n) is 4.83. The molecule has 1 rings (SSSR count). The normalized spacial score (nSPS) is 10.6. The first-order valence-corrected chi connectivity index (χ1v) is 4.83. The molecular formula is C10H12N2O4. The number of carbonyl (C=O) groups is 1. The summed E-state index contributed by atoms with van der Waals surface area (Å²) in [5, 5.41) is 12.9. The molecule has 86 valence electrons. The maximum atomic E-state index is 11.1. The number of rotatable bonds is 5. The molecule has 16 heavy (non-hydrogen) atoms. The van der Waals surface area contributed by atoms with Crippen molar-refractivity contribution in [2.24, 2.45) is 0 Å². The molecule has 0 aliphatic carbocycles. The highest BCUT2D eigenvalue weighted by atomic mass is 16.6. The Morgan fingerprint density at radius 3 is 2.94 bits per heavy atom. The molecule has 0 aliphatic heterocycles. The molecule has 1 N–H and O–H groups in total. The van der Waals surface area contributed by atoms with Gasteiger partial charge < -0.3 is 9.73 Å². The third-order valence-corrected chi connectivity index (χ3v) is 1.74. The van der Waals surface area contributed by atoms with Gasteiger partial charge in [0.2, 0.25) is 5.91 Å². The van der Waals surface area contributed by atoms with Gasteiger partial charge in [-0.25, -0.2) is 0 Å². The van der Waals surface area contributed by atoms with E-state index >= 15 is 0 Å². The van der Waals surface area contributed by atoms with Crippen LogP contribution in [0.2, 0.25) is 0 Å². The van der Waals surface area contributed by atoms with E-state index in [4.69, 9.17) is 4.42 Å². The zero-order valence-electron chi connectivity index (χ0n) is 8.80. The van der Waals surface area contributed by atoms with Crippen molar-refractivity contribution >= 4 is 17.9 Å². The van der Waals surface area contributed by atoms with Crippen molar-refractivity contribution in [3.8, 4) is 0 Å². The quantitative estimate of drug-likeness (QED) is 0.468. The number of nitrogens with one attached hydrogen (secondary N) is 1. The van der Waals surface area contributed by atoms with Gasteiger partial charge >= 0.3 is 5.88 Å². The van der Waals surface area contributed by atoms with Gasteiger partial charge in [0.25, 0.3) is 0 Å². The molecule has 0 aliphatic rings. The lowest BCUT2D eigenvalue weighted by Crippen LogP contribution is -2.21. The molecule has 0 saturated carbocycles. The Bertz CT molecular complexity index is 409. The SMILES string of the molecule is CCCNC(=O)/C=C\c1ccc([N+](=O)[O-])o1. The van der Waals surface area contributed by atoms with Gasteiger partial charge in [-0.05, 0) is 18.6 Å². The summed E-state index contributed by atoms with van der Waals surface area (Å²) in [6, 6.07) is 2.67. The van der Waals surface area contributed by atoms with E-state index in [1.54, 1.807) is 0 Å². The molecule has 1 amide bonds. The van der Waals surface area contributed by atoms with Crippen LogP contribution in [0.5, 0.6) is 0 Å². The largest absolute Gasteiger partial charge is 0.433 e. The molecule has 1 aromatic rings. The smallest absolute Gasteiger partial charge is 0.401 e. The van der Waals surface area contributed by atoms with Crippen molar-refractivity contribution in [2.75, 3.05) is 6.54 Å². The van der Waals surface area contributed by atoms with E-state index in [0.29, 0.717) is 6.54 Å². The summed E-state index contributed by atoms with van der Waals surface area (Å²) in [4.78, 5) is 20.8. The van der Waals surface area contributed by atoms with Crippen molar-refractivity contribution in [1.82, 2.24) is 5.32 Å². The molecule has 0 fully saturated rings. The number of amides is 1. The topological polar surface area (TPSA) is 85.4 Å². The second-order valence-electron chi connectivity index (χ2n) is 3.06. The molecule has 1 aromatic heterocycles. The highest BCUT2D eigenvalue weighted by Crippen LogP contribution is 2.16. The summed E-state index contributed by atoms with van der Waals surface area (Å²) in [5.41, 5.74) is 0. The highest BCUT2D eigenvalue weighted by Gasteiger charge is 2.09. The second-order valence-corrected chi connectivity index (χ2v) is 3.06. The Hall–Kier alpha value is -2.11. The van der Waals surface area contributed by atoms with Gasteiger partial charge in [0.05, 0.1) is 6.07 Å². The summed E-state index contributed by atoms with van der Waals surface area (Å²) >= 11 is 0. The van der Waals surface area contributed by atoms with E-state index in [9.17, 15) is 14.9 Å². The average Bonchev–Trinajstić information content (AvgIpc) is 2.72. The van der Waals surface area contributed by atoms with Crippen molar-refractivity contribution < 1.29 is 14.1 Å². The van der Waals surface area contributed by atoms with Gasteiger partial charge in [0.15, 0.2) is 0 Å². The van der Waals surface area contributed by atoms with Crippen molar-refractivity contribution in [1.29, 1.82) is 0 Å². The third-order valence-electron chi connectivity index (χ3n) is 1.74. The number of carbonyl (C=O) groups excluding carboxylic acids is 1. The summed E-state index contributed by atoms with van der Waals surface area (Å²) in [5.74, 6) is -0.312. The first kappa shape index (κ1) is 12.0. The Kier molecular flexibility index (Phi) is 4.26. The van der Waals surface area contributed by atoms with Gasteiger partial charge in [-0.3, -0.25) is 14.9 Å². The standard InChI is InChI=1S/C10H12N2O4/c1-2-7-11-9(13)5-3-8-4-6-10(16-8)12(14)15/h3-6H,2,7H2,1H3,(H,11,13)/b5-3-. The van der Waals surface area contributed by atoms with Gasteiger partial charge in [0, 0.05) is 12.6 Å². The Labute approximate surface area is 92.1 Å². The summed E-state index contributed by atoms with van der Waals surface area (Å²) in [7, 11) is 0.